The standard InChI is InChI=1S/C25H32FN5O3/c1-16(2)20(13-21(27)18-5-7-19(26)8-6-18)24-28-14-22(29-24)25(33)30-10-11-31(17(3)15-30)23(32)9-12-34-4/h5-8,13-14,16-17,27H,9-12,15H2,1-4H3,(H,28,29)/b20-13-,27-21?/t17-/m0/s1. The lowest BCUT2D eigenvalue weighted by Crippen LogP contribution is -2.55. The molecule has 0 saturated carbocycles. The third-order valence-electron chi connectivity index (χ3n) is 5.91. The fourth-order valence-corrected chi connectivity index (χ4v) is 3.97. The highest BCUT2D eigenvalue weighted by Crippen LogP contribution is 2.23. The number of aromatic nitrogens is 2. The fourth-order valence-electron chi connectivity index (χ4n) is 3.97. The lowest BCUT2D eigenvalue weighted by Gasteiger charge is -2.39. The normalized spacial score (nSPS) is 16.8. The van der Waals surface area contributed by atoms with E-state index in [1.807, 2.05) is 20.8 Å². The number of halogens is 1. The van der Waals surface area contributed by atoms with Gasteiger partial charge in [0.2, 0.25) is 5.91 Å². The molecule has 2 amide bonds. The molecular weight excluding hydrogens is 437 g/mol. The van der Waals surface area contributed by atoms with Gasteiger partial charge in [0.25, 0.3) is 5.91 Å². The average Bonchev–Trinajstić information content (AvgIpc) is 3.30. The van der Waals surface area contributed by atoms with Crippen LogP contribution in [0.3, 0.4) is 0 Å². The fraction of sp³-hybridized carbons (Fsp3) is 0.440. The van der Waals surface area contributed by atoms with Crippen LogP contribution in [0.5, 0.6) is 0 Å². The highest BCUT2D eigenvalue weighted by atomic mass is 19.1. The molecule has 3 rings (SSSR count). The molecule has 0 aliphatic carbocycles. The van der Waals surface area contributed by atoms with Crippen LogP contribution in [0.2, 0.25) is 0 Å². The van der Waals surface area contributed by atoms with Crippen molar-refractivity contribution in [2.45, 2.75) is 33.2 Å². The molecule has 2 aromatic rings. The predicted octanol–water partition coefficient (Wildman–Crippen LogP) is 3.37. The molecule has 1 aromatic carbocycles. The van der Waals surface area contributed by atoms with E-state index in [1.54, 1.807) is 35.1 Å². The molecule has 1 aliphatic heterocycles. The maximum absolute atomic E-state index is 13.2. The van der Waals surface area contributed by atoms with Crippen molar-refractivity contribution in [3.8, 4) is 0 Å². The molecule has 2 heterocycles. The lowest BCUT2D eigenvalue weighted by molar-refractivity contribution is -0.136. The van der Waals surface area contributed by atoms with Crippen molar-refractivity contribution in [1.82, 2.24) is 19.8 Å². The zero-order chi connectivity index (χ0) is 24.8. The summed E-state index contributed by atoms with van der Waals surface area (Å²) in [6.45, 7) is 7.63. The summed E-state index contributed by atoms with van der Waals surface area (Å²) in [5.41, 5.74) is 1.96. The van der Waals surface area contributed by atoms with Crippen LogP contribution in [0.4, 0.5) is 4.39 Å². The minimum atomic E-state index is -0.353. The van der Waals surface area contributed by atoms with E-state index in [4.69, 9.17) is 10.1 Å². The first-order valence-electron chi connectivity index (χ1n) is 11.4. The number of allylic oxidation sites excluding steroid dienone is 2. The van der Waals surface area contributed by atoms with Gasteiger partial charge in [-0.1, -0.05) is 13.8 Å². The minimum Gasteiger partial charge on any atom is -0.384 e. The Morgan fingerprint density at radius 3 is 2.62 bits per heavy atom. The Bertz CT molecular complexity index is 1060. The van der Waals surface area contributed by atoms with Crippen LogP contribution >= 0.6 is 0 Å². The molecule has 8 nitrogen and oxygen atoms in total. The molecule has 0 spiro atoms. The number of benzene rings is 1. The van der Waals surface area contributed by atoms with E-state index in [1.165, 1.54) is 18.3 Å². The number of imidazole rings is 1. The van der Waals surface area contributed by atoms with Gasteiger partial charge in [-0.05, 0) is 54.3 Å². The first kappa shape index (κ1) is 25.3. The summed E-state index contributed by atoms with van der Waals surface area (Å²) < 4.78 is 18.2. The molecule has 1 aliphatic rings. The van der Waals surface area contributed by atoms with E-state index in [-0.39, 0.29) is 35.3 Å². The number of ether oxygens (including phenoxy) is 1. The van der Waals surface area contributed by atoms with Crippen LogP contribution in [-0.4, -0.2) is 76.7 Å². The number of amides is 2. The van der Waals surface area contributed by atoms with Crippen molar-refractivity contribution in [3.05, 3.63) is 59.4 Å². The Morgan fingerprint density at radius 1 is 1.29 bits per heavy atom. The molecule has 0 unspecified atom stereocenters. The molecule has 1 fully saturated rings. The predicted molar refractivity (Wildman–Crippen MR) is 128 cm³/mol. The second-order valence-electron chi connectivity index (χ2n) is 8.75. The van der Waals surface area contributed by atoms with Crippen molar-refractivity contribution >= 4 is 23.1 Å². The highest BCUT2D eigenvalue weighted by Gasteiger charge is 2.30. The summed E-state index contributed by atoms with van der Waals surface area (Å²) in [7, 11) is 1.57. The van der Waals surface area contributed by atoms with Gasteiger partial charge in [0.05, 0.1) is 24.9 Å². The first-order chi connectivity index (χ1) is 16.2. The Balaban J connectivity index is 1.71. The van der Waals surface area contributed by atoms with Gasteiger partial charge in [0.15, 0.2) is 0 Å². The number of methoxy groups -OCH3 is 1. The van der Waals surface area contributed by atoms with E-state index in [2.05, 4.69) is 9.97 Å². The molecule has 34 heavy (non-hydrogen) atoms. The number of nitrogens with one attached hydrogen (secondary N) is 2. The summed E-state index contributed by atoms with van der Waals surface area (Å²) in [6, 6.07) is 5.67. The van der Waals surface area contributed by atoms with Gasteiger partial charge in [-0.2, -0.15) is 0 Å². The molecule has 9 heteroatoms. The molecule has 182 valence electrons. The van der Waals surface area contributed by atoms with Gasteiger partial charge in [0, 0.05) is 32.8 Å². The van der Waals surface area contributed by atoms with E-state index in [9.17, 15) is 14.0 Å². The number of hydrogen-bond acceptors (Lipinski definition) is 5. The zero-order valence-electron chi connectivity index (χ0n) is 20.1. The quantitative estimate of drug-likeness (QED) is 0.579. The maximum Gasteiger partial charge on any atom is 0.272 e. The van der Waals surface area contributed by atoms with E-state index in [0.29, 0.717) is 49.7 Å². The molecular formula is C25H32FN5O3. The van der Waals surface area contributed by atoms with Crippen molar-refractivity contribution in [3.63, 3.8) is 0 Å². The summed E-state index contributed by atoms with van der Waals surface area (Å²) in [4.78, 5) is 36.5. The second-order valence-corrected chi connectivity index (χ2v) is 8.75. The van der Waals surface area contributed by atoms with E-state index in [0.717, 1.165) is 5.57 Å². The number of rotatable bonds is 8. The van der Waals surface area contributed by atoms with Gasteiger partial charge in [-0.3, -0.25) is 9.59 Å². The summed E-state index contributed by atoms with van der Waals surface area (Å²) in [5, 5.41) is 8.39. The van der Waals surface area contributed by atoms with Crippen molar-refractivity contribution in [1.29, 1.82) is 5.41 Å². The van der Waals surface area contributed by atoms with Crippen LogP contribution in [0.25, 0.3) is 5.57 Å². The van der Waals surface area contributed by atoms with Gasteiger partial charge >= 0.3 is 0 Å². The highest BCUT2D eigenvalue weighted by molar-refractivity contribution is 6.10. The molecule has 2 N–H and O–H groups in total. The van der Waals surface area contributed by atoms with Gasteiger partial charge in [-0.15, -0.1) is 0 Å². The number of piperazine rings is 1. The smallest absolute Gasteiger partial charge is 0.272 e. The maximum atomic E-state index is 13.2. The number of nitrogens with zero attached hydrogens (tertiary/aromatic N) is 3. The Morgan fingerprint density at radius 2 is 2.00 bits per heavy atom. The van der Waals surface area contributed by atoms with Crippen LogP contribution in [-0.2, 0) is 9.53 Å². The molecule has 1 atom stereocenters. The van der Waals surface area contributed by atoms with E-state index < -0.39 is 0 Å². The number of H-pyrrole nitrogens is 1. The topological polar surface area (TPSA) is 102 Å². The number of hydrogen-bond donors (Lipinski definition) is 2. The summed E-state index contributed by atoms with van der Waals surface area (Å²) in [6.07, 6.45) is 3.53. The van der Waals surface area contributed by atoms with Gasteiger partial charge < -0.3 is 24.9 Å². The van der Waals surface area contributed by atoms with Crippen LogP contribution in [0, 0.1) is 17.1 Å². The average molecular weight is 470 g/mol. The second kappa shape index (κ2) is 11.2. The molecule has 1 aromatic heterocycles. The lowest BCUT2D eigenvalue weighted by atomic mass is 9.98. The zero-order valence-corrected chi connectivity index (χ0v) is 20.1. The number of carbonyl (C=O) groups excluding carboxylic acids is 2. The van der Waals surface area contributed by atoms with Gasteiger partial charge in [-0.25, -0.2) is 9.37 Å². The van der Waals surface area contributed by atoms with Crippen LogP contribution in [0.15, 0.2) is 36.5 Å². The Hall–Kier alpha value is -3.33. The SMILES string of the molecule is COCCC(=O)N1CCN(C(=O)c2cnc(/C(=C\C(=N)c3ccc(F)cc3)C(C)C)[nH]2)C[C@@H]1C. The summed E-state index contributed by atoms with van der Waals surface area (Å²) in [5.74, 6) is 0.0587. The van der Waals surface area contributed by atoms with Crippen molar-refractivity contribution in [2.24, 2.45) is 5.92 Å². The summed E-state index contributed by atoms with van der Waals surface area (Å²) >= 11 is 0. The molecule has 1 saturated heterocycles. The largest absolute Gasteiger partial charge is 0.384 e. The van der Waals surface area contributed by atoms with Gasteiger partial charge in [0.1, 0.15) is 17.3 Å². The van der Waals surface area contributed by atoms with Crippen LogP contribution < -0.4 is 0 Å². The monoisotopic (exact) mass is 469 g/mol. The van der Waals surface area contributed by atoms with Crippen molar-refractivity contribution in [2.75, 3.05) is 33.4 Å². The number of carbonyl (C=O) groups is 2. The molecule has 0 radical (unpaired) electrons. The Kier molecular flexibility index (Phi) is 8.33. The third-order valence-corrected chi connectivity index (χ3v) is 5.91. The minimum absolute atomic E-state index is 0.0283. The van der Waals surface area contributed by atoms with E-state index >= 15 is 0 Å². The first-order valence-corrected chi connectivity index (χ1v) is 11.4. The Labute approximate surface area is 199 Å². The third kappa shape index (κ3) is 5.96. The van der Waals surface area contributed by atoms with Crippen LogP contribution in [0.1, 0.15) is 49.1 Å². The van der Waals surface area contributed by atoms with Crippen molar-refractivity contribution < 1.29 is 18.7 Å². The molecule has 0 bridgehead atoms. The number of aromatic amines is 1.